The van der Waals surface area contributed by atoms with Crippen molar-refractivity contribution in [1.29, 1.82) is 0 Å². The summed E-state index contributed by atoms with van der Waals surface area (Å²) >= 11 is 0. The highest BCUT2D eigenvalue weighted by Gasteiger charge is 2.34. The van der Waals surface area contributed by atoms with Crippen molar-refractivity contribution in [2.24, 2.45) is 5.92 Å². The first-order chi connectivity index (χ1) is 17.4. The van der Waals surface area contributed by atoms with Gasteiger partial charge in [0.15, 0.2) is 0 Å². The third kappa shape index (κ3) is 4.65. The Kier molecular flexibility index (Phi) is 6.61. The van der Waals surface area contributed by atoms with Gasteiger partial charge in [0.05, 0.1) is 6.04 Å². The smallest absolute Gasteiger partial charge is 0.254 e. The van der Waals surface area contributed by atoms with Crippen molar-refractivity contribution in [1.82, 2.24) is 14.9 Å². The minimum atomic E-state index is -1.27. The molecule has 2 amide bonds. The Labute approximate surface area is 209 Å². The van der Waals surface area contributed by atoms with Crippen molar-refractivity contribution in [3.05, 3.63) is 70.2 Å². The van der Waals surface area contributed by atoms with Crippen molar-refractivity contribution >= 4 is 39.9 Å². The number of hydrogen-bond donors (Lipinski definition) is 3. The molecule has 9 nitrogen and oxygen atoms in total. The molecule has 1 saturated carbocycles. The number of amides is 2. The highest BCUT2D eigenvalue weighted by atomic mass is 16.8. The molecule has 1 fully saturated rings. The van der Waals surface area contributed by atoms with Crippen LogP contribution >= 0.6 is 0 Å². The van der Waals surface area contributed by atoms with E-state index in [1.807, 2.05) is 23.2 Å². The molecule has 0 saturated heterocycles. The van der Waals surface area contributed by atoms with Crippen LogP contribution in [0.1, 0.15) is 61.9 Å². The van der Waals surface area contributed by atoms with Gasteiger partial charge in [-0.05, 0) is 67.5 Å². The Morgan fingerprint density at radius 1 is 1.14 bits per heavy atom. The third-order valence-electron chi connectivity index (χ3n) is 7.17. The van der Waals surface area contributed by atoms with Crippen LogP contribution in [0, 0.1) is 16.3 Å². The van der Waals surface area contributed by atoms with Gasteiger partial charge in [0.1, 0.15) is 17.2 Å². The number of aromatic nitrogens is 2. The number of H-pyrrole nitrogens is 1. The van der Waals surface area contributed by atoms with E-state index in [1.165, 1.54) is 12.1 Å². The molecule has 1 aliphatic carbocycles. The van der Waals surface area contributed by atoms with E-state index in [1.54, 1.807) is 12.1 Å². The second kappa shape index (κ2) is 9.85. The number of fused-ring (bicyclic) bond motifs is 1. The number of pyridine rings is 1. The maximum absolute atomic E-state index is 13.5. The summed E-state index contributed by atoms with van der Waals surface area (Å²) in [4.78, 5) is 35.6. The van der Waals surface area contributed by atoms with Crippen LogP contribution < -0.4 is 10.5 Å². The molecular formula is C27H30N5O4-. The molecule has 2 aliphatic rings. The minimum absolute atomic E-state index is 0.0105. The van der Waals surface area contributed by atoms with E-state index >= 15 is 0 Å². The highest BCUT2D eigenvalue weighted by molar-refractivity contribution is 5.98. The van der Waals surface area contributed by atoms with Gasteiger partial charge in [-0.1, -0.05) is 19.9 Å². The molecule has 36 heavy (non-hydrogen) atoms. The number of nitrogens with one attached hydrogen (secondary N) is 3. The molecule has 2 unspecified atom stereocenters. The molecule has 1 aromatic carbocycles. The number of quaternary nitrogens is 1. The Balaban J connectivity index is 1.49. The van der Waals surface area contributed by atoms with Crippen LogP contribution in [0.3, 0.4) is 0 Å². The number of carbonyl (C=O) groups excluding carboxylic acids is 2. The first-order valence-electron chi connectivity index (χ1n) is 12.5. The lowest BCUT2D eigenvalue weighted by Crippen LogP contribution is -2.96. The lowest BCUT2D eigenvalue weighted by Gasteiger charge is -2.41. The minimum Gasteiger partial charge on any atom is -0.628 e. The molecule has 0 spiro atoms. The van der Waals surface area contributed by atoms with Crippen LogP contribution in [-0.4, -0.2) is 38.8 Å². The number of aromatic amines is 1. The van der Waals surface area contributed by atoms with Gasteiger partial charge in [0.2, 0.25) is 5.91 Å². The number of hydrogen-bond acceptors (Lipinski definition) is 5. The van der Waals surface area contributed by atoms with Crippen molar-refractivity contribution in [2.45, 2.75) is 58.0 Å². The normalized spacial score (nSPS) is 20.0. The standard InChI is InChI=1S/C27H30N5O4/c1-3-19-13-18(14-20(4-2)31(19)27(34)17-7-9-21(10-8-17)32(35)36)23-15-24(30-26(33)16-5-6-16)29-25-22(23)11-12-28-25/h7-13,15-16,19-20,32H,3-6,14H2,1-2H3,(H2,28,29,30,33)/q-1. The zero-order chi connectivity index (χ0) is 25.4. The Morgan fingerprint density at radius 2 is 1.89 bits per heavy atom. The van der Waals surface area contributed by atoms with Crippen LogP contribution in [0.2, 0.25) is 0 Å². The first-order valence-corrected chi connectivity index (χ1v) is 12.5. The van der Waals surface area contributed by atoms with Crippen LogP contribution in [-0.2, 0) is 4.79 Å². The first kappa shape index (κ1) is 24.2. The molecular weight excluding hydrogens is 458 g/mol. The Morgan fingerprint density at radius 3 is 2.53 bits per heavy atom. The Hall–Kier alpha value is -3.53. The molecule has 3 N–H and O–H groups in total. The van der Waals surface area contributed by atoms with Crippen molar-refractivity contribution in [3.8, 4) is 0 Å². The van der Waals surface area contributed by atoms with Gasteiger partial charge >= 0.3 is 0 Å². The van der Waals surface area contributed by atoms with Gasteiger partial charge in [-0.2, -0.15) is 0 Å². The summed E-state index contributed by atoms with van der Waals surface area (Å²) in [7, 11) is 0. The molecule has 188 valence electrons. The van der Waals surface area contributed by atoms with Crippen molar-refractivity contribution in [3.63, 3.8) is 0 Å². The summed E-state index contributed by atoms with van der Waals surface area (Å²) in [5.74, 6) is 0.507. The van der Waals surface area contributed by atoms with E-state index in [4.69, 9.17) is 0 Å². The van der Waals surface area contributed by atoms with Gasteiger partial charge < -0.3 is 30.8 Å². The predicted octanol–water partition coefficient (Wildman–Crippen LogP) is 3.91. The summed E-state index contributed by atoms with van der Waals surface area (Å²) in [6.45, 7) is 4.12. The van der Waals surface area contributed by atoms with Crippen LogP contribution in [0.4, 0.5) is 11.5 Å². The summed E-state index contributed by atoms with van der Waals surface area (Å²) in [5, 5.41) is 24.9. The molecule has 3 heterocycles. The molecule has 9 heteroatoms. The largest absolute Gasteiger partial charge is 0.628 e. The monoisotopic (exact) mass is 488 g/mol. The average Bonchev–Trinajstić information content (AvgIpc) is 3.64. The summed E-state index contributed by atoms with van der Waals surface area (Å²) < 4.78 is 0. The third-order valence-corrected chi connectivity index (χ3v) is 7.17. The number of carbonyl (C=O) groups is 2. The molecule has 0 radical (unpaired) electrons. The molecule has 2 aromatic heterocycles. The van der Waals surface area contributed by atoms with Gasteiger partial charge in [-0.15, -0.1) is 0 Å². The second-order valence-electron chi connectivity index (χ2n) is 9.57. The van der Waals surface area contributed by atoms with E-state index in [0.717, 1.165) is 42.2 Å². The number of nitrogens with zero attached hydrogens (tertiary/aromatic N) is 2. The topological polar surface area (TPSA) is 129 Å². The molecule has 2 atom stereocenters. The fourth-order valence-electron chi connectivity index (χ4n) is 5.01. The van der Waals surface area contributed by atoms with Crippen LogP contribution in [0.5, 0.6) is 0 Å². The maximum Gasteiger partial charge on any atom is 0.254 e. The second-order valence-corrected chi connectivity index (χ2v) is 9.57. The molecule has 0 bridgehead atoms. The molecule has 5 rings (SSSR count). The lowest BCUT2D eigenvalue weighted by atomic mass is 9.87. The SMILES string of the molecule is CCC1C=C(c2cc(NC(=O)C3CC3)nc3[nH]ccc23)CC(CC)N1C(=O)c1ccc([NH+]([O-])[O-])cc1. The van der Waals surface area contributed by atoms with E-state index in [-0.39, 0.29) is 35.5 Å². The van der Waals surface area contributed by atoms with Gasteiger partial charge in [-0.3, -0.25) is 9.59 Å². The zero-order valence-corrected chi connectivity index (χ0v) is 20.4. The van der Waals surface area contributed by atoms with Crippen LogP contribution in [0.15, 0.2) is 48.7 Å². The number of rotatable bonds is 7. The number of benzene rings is 1. The van der Waals surface area contributed by atoms with E-state index < -0.39 is 5.23 Å². The van der Waals surface area contributed by atoms with Gasteiger partial charge in [-0.25, -0.2) is 4.98 Å². The van der Waals surface area contributed by atoms with E-state index in [0.29, 0.717) is 23.4 Å². The predicted molar refractivity (Wildman–Crippen MR) is 138 cm³/mol. The average molecular weight is 489 g/mol. The fourth-order valence-corrected chi connectivity index (χ4v) is 5.01. The zero-order valence-electron chi connectivity index (χ0n) is 20.4. The maximum atomic E-state index is 13.5. The highest BCUT2D eigenvalue weighted by Crippen LogP contribution is 2.37. The van der Waals surface area contributed by atoms with Crippen molar-refractivity contribution < 1.29 is 14.8 Å². The van der Waals surface area contributed by atoms with Crippen LogP contribution in [0.25, 0.3) is 16.6 Å². The Bertz CT molecular complexity index is 1310. The quantitative estimate of drug-likeness (QED) is 0.434. The molecule has 3 aromatic rings. The fraction of sp³-hybridized carbons (Fsp3) is 0.370. The molecule has 1 aliphatic heterocycles. The lowest BCUT2D eigenvalue weighted by molar-refractivity contribution is -0.715. The van der Waals surface area contributed by atoms with Gasteiger partial charge in [0.25, 0.3) is 5.91 Å². The number of anilines is 1. The summed E-state index contributed by atoms with van der Waals surface area (Å²) in [6.07, 6.45) is 8.00. The van der Waals surface area contributed by atoms with E-state index in [2.05, 4.69) is 35.2 Å². The summed E-state index contributed by atoms with van der Waals surface area (Å²) in [6, 6.07) is 9.69. The summed E-state index contributed by atoms with van der Waals surface area (Å²) in [5.41, 5.74) is 3.35. The van der Waals surface area contributed by atoms with Crippen molar-refractivity contribution in [2.75, 3.05) is 5.32 Å². The van der Waals surface area contributed by atoms with Gasteiger partial charge in [0, 0.05) is 41.2 Å². The van der Waals surface area contributed by atoms with E-state index in [9.17, 15) is 20.0 Å².